The lowest BCUT2D eigenvalue weighted by molar-refractivity contribution is 0.111. The van der Waals surface area contributed by atoms with Crippen LogP contribution < -0.4 is 34.8 Å². The maximum Gasteiger partial charge on any atom is 0.425 e. The van der Waals surface area contributed by atoms with Crippen LogP contribution in [-0.4, -0.2) is 140 Å². The van der Waals surface area contributed by atoms with Crippen LogP contribution in [0.4, 0.5) is 62.2 Å². The summed E-state index contributed by atoms with van der Waals surface area (Å²) in [5.41, 5.74) is 2.48. The smallest absolute Gasteiger partial charge is 0.425 e. The molecule has 0 aliphatic rings. The van der Waals surface area contributed by atoms with E-state index in [2.05, 4.69) is 55.9 Å². The maximum atomic E-state index is 11.9. The molecule has 3 aromatic heterocycles. The monoisotopic (exact) mass is 1010 g/mol. The van der Waals surface area contributed by atoms with E-state index in [1.807, 2.05) is 32.6 Å². The Morgan fingerprint density at radius 1 is 0.701 bits per heavy atom. The fraction of sp³-hybridized carbons (Fsp3) is 0.378. The van der Waals surface area contributed by atoms with E-state index in [9.17, 15) is 32.8 Å². The fourth-order valence-electron chi connectivity index (χ4n) is 6.02. The van der Waals surface area contributed by atoms with Crippen LogP contribution in [0.25, 0.3) is 0 Å². The van der Waals surface area contributed by atoms with Gasteiger partial charge in [0.25, 0.3) is 0 Å². The van der Waals surface area contributed by atoms with E-state index in [1.54, 1.807) is 29.2 Å². The van der Waals surface area contributed by atoms with Crippen molar-refractivity contribution in [2.24, 2.45) is 20.5 Å². The van der Waals surface area contributed by atoms with Gasteiger partial charge in [0.2, 0.25) is 33.1 Å². The molecule has 0 amide bonds. The average Bonchev–Trinajstić information content (AvgIpc) is 3.96. The number of aliphatic hydroxyl groups excluding tert-OH is 2. The average molecular weight is 1010 g/mol. The number of nitrogens with zero attached hydrogens (tertiary/aromatic N) is 12. The molecule has 0 spiro atoms. The minimum atomic E-state index is -4.84. The summed E-state index contributed by atoms with van der Waals surface area (Å²) in [5.74, 6) is 0.930. The molecule has 360 valence electrons. The first-order chi connectivity index (χ1) is 32.1. The highest BCUT2D eigenvalue weighted by Crippen LogP contribution is 2.43. The summed E-state index contributed by atoms with van der Waals surface area (Å²) < 4.78 is 70.2. The lowest BCUT2D eigenvalue weighted by Crippen LogP contribution is -2.31. The van der Waals surface area contributed by atoms with Crippen molar-refractivity contribution < 1.29 is 54.9 Å². The zero-order valence-corrected chi connectivity index (χ0v) is 40.0. The van der Waals surface area contributed by atoms with Crippen LogP contribution in [0, 0.1) is 0 Å². The minimum Gasteiger partial charge on any atom is -0.494 e. The van der Waals surface area contributed by atoms with Crippen LogP contribution in [-0.2, 0) is 20.7 Å². The minimum absolute atomic E-state index is 0.00411. The van der Waals surface area contributed by atoms with Crippen molar-refractivity contribution in [1.82, 2.24) is 24.9 Å². The Kier molecular flexibility index (Phi) is 20.0. The Bertz CT molecular complexity index is 2770. The Morgan fingerprint density at radius 2 is 1.18 bits per heavy atom. The highest BCUT2D eigenvalue weighted by molar-refractivity contribution is 7.86. The molecular weight excluding hydrogens is 961 g/mol. The molecule has 67 heavy (non-hydrogen) atoms. The van der Waals surface area contributed by atoms with Crippen LogP contribution in [0.3, 0.4) is 0 Å². The lowest BCUT2D eigenvalue weighted by Gasteiger charge is -2.25. The second-order valence-corrected chi connectivity index (χ2v) is 16.7. The molecule has 0 radical (unpaired) electrons. The van der Waals surface area contributed by atoms with Crippen molar-refractivity contribution in [3.63, 3.8) is 0 Å². The molecule has 0 aliphatic carbocycles. The van der Waals surface area contributed by atoms with Gasteiger partial charge in [-0.3, -0.25) is 14.1 Å². The van der Waals surface area contributed by atoms with Gasteiger partial charge in [0.1, 0.15) is 27.8 Å². The number of carbonyl (C=O) groups excluding carboxylic acids is 2. The molecule has 5 N–H and O–H groups in total. The molecule has 0 aliphatic heterocycles. The van der Waals surface area contributed by atoms with Gasteiger partial charge >= 0.3 is 20.7 Å². The molecule has 30 heteroatoms. The number of thiazole rings is 2. The zero-order chi connectivity index (χ0) is 49.3. The molecule has 3 heterocycles. The van der Waals surface area contributed by atoms with Gasteiger partial charge < -0.3 is 45.0 Å². The summed E-state index contributed by atoms with van der Waals surface area (Å²) in [7, 11) is -4.93. The SMILES string of the molecule is CCN(CC)c1cc(Nc2nc(Nc3cc(N(CC)CC)c(OC)cc3N=Nc3nc(S(=O)(=O)O)c(C=O)s3)nc(N(CCO)CCO)n2)c(N=Nc2ncc(C=O)s2)cc1OC.O=S(=O)=O. The number of azo groups is 2. The maximum absolute atomic E-state index is 11.9. The van der Waals surface area contributed by atoms with Crippen LogP contribution in [0.15, 0.2) is 55.9 Å². The number of ether oxygens (including phenoxy) is 2. The normalized spacial score (nSPS) is 11.2. The predicted octanol–water partition coefficient (Wildman–Crippen LogP) is 5.47. The number of aliphatic hydroxyl groups is 2. The van der Waals surface area contributed by atoms with E-state index in [-0.39, 0.29) is 76.9 Å². The van der Waals surface area contributed by atoms with Crippen LogP contribution in [0.5, 0.6) is 11.5 Å². The lowest BCUT2D eigenvalue weighted by atomic mass is 10.2. The summed E-state index contributed by atoms with van der Waals surface area (Å²) in [6, 6.07) is 6.79. The Balaban J connectivity index is 0.00000235. The van der Waals surface area contributed by atoms with Crippen LogP contribution in [0.2, 0.25) is 0 Å². The number of rotatable bonds is 24. The zero-order valence-electron chi connectivity index (χ0n) is 36.7. The van der Waals surface area contributed by atoms with Crippen molar-refractivity contribution in [2.75, 3.05) is 92.0 Å². The van der Waals surface area contributed by atoms with Gasteiger partial charge in [0, 0.05) is 51.4 Å². The third kappa shape index (κ3) is 14.4. The van der Waals surface area contributed by atoms with Gasteiger partial charge in [0.15, 0.2) is 12.6 Å². The first-order valence-corrected chi connectivity index (χ1v) is 23.8. The molecule has 26 nitrogen and oxygen atoms in total. The molecule has 0 saturated heterocycles. The molecule has 2 aromatic carbocycles. The molecule has 0 unspecified atom stereocenters. The summed E-state index contributed by atoms with van der Waals surface area (Å²) in [4.78, 5) is 50.5. The largest absolute Gasteiger partial charge is 0.494 e. The van der Waals surface area contributed by atoms with Crippen molar-refractivity contribution in [3.05, 3.63) is 40.2 Å². The summed E-state index contributed by atoms with van der Waals surface area (Å²) in [6.45, 7) is 9.90. The van der Waals surface area contributed by atoms with Crippen molar-refractivity contribution >= 4 is 118 Å². The van der Waals surface area contributed by atoms with Crippen LogP contribution >= 0.6 is 22.7 Å². The molecular formula is C37H46N14O12S4. The van der Waals surface area contributed by atoms with Gasteiger partial charge in [-0.1, -0.05) is 22.7 Å². The van der Waals surface area contributed by atoms with Gasteiger partial charge in [-0.2, -0.15) is 23.4 Å². The number of benzene rings is 2. The van der Waals surface area contributed by atoms with E-state index >= 15 is 0 Å². The number of aldehydes is 2. The highest BCUT2D eigenvalue weighted by Gasteiger charge is 2.23. The Hall–Kier alpha value is -6.70. The van der Waals surface area contributed by atoms with E-state index in [1.165, 1.54) is 20.4 Å². The number of hydrogen-bond donors (Lipinski definition) is 5. The molecule has 5 rings (SSSR count). The van der Waals surface area contributed by atoms with Crippen molar-refractivity contribution in [2.45, 2.75) is 32.7 Å². The number of hydrogen-bond acceptors (Lipinski definition) is 27. The van der Waals surface area contributed by atoms with Crippen molar-refractivity contribution in [3.8, 4) is 11.5 Å². The molecule has 0 saturated carbocycles. The van der Waals surface area contributed by atoms with E-state index in [0.717, 1.165) is 17.0 Å². The van der Waals surface area contributed by atoms with E-state index in [4.69, 9.17) is 27.1 Å². The summed E-state index contributed by atoms with van der Waals surface area (Å²) in [5, 5.41) is 42.7. The third-order valence-electron chi connectivity index (χ3n) is 9.02. The fourth-order valence-corrected chi connectivity index (χ4v) is 8.17. The summed E-state index contributed by atoms with van der Waals surface area (Å²) in [6.07, 6.45) is 2.30. The molecule has 0 atom stereocenters. The quantitative estimate of drug-likeness (QED) is 0.0290. The van der Waals surface area contributed by atoms with E-state index < -0.39 is 25.8 Å². The molecule has 0 fully saturated rings. The number of aromatic nitrogens is 5. The molecule has 5 aromatic rings. The second-order valence-electron chi connectivity index (χ2n) is 12.9. The highest BCUT2D eigenvalue weighted by atomic mass is 32.2. The number of carbonyl (C=O) groups is 2. The molecule has 0 bridgehead atoms. The van der Waals surface area contributed by atoms with Gasteiger partial charge in [-0.25, -0.2) is 9.97 Å². The van der Waals surface area contributed by atoms with Crippen LogP contribution in [0.1, 0.15) is 47.0 Å². The third-order valence-corrected chi connectivity index (χ3v) is 11.6. The first-order valence-electron chi connectivity index (χ1n) is 19.8. The van der Waals surface area contributed by atoms with Gasteiger partial charge in [0.05, 0.1) is 61.3 Å². The van der Waals surface area contributed by atoms with Gasteiger partial charge in [-0.15, -0.1) is 33.1 Å². The number of methoxy groups -OCH3 is 2. The Labute approximate surface area is 393 Å². The first kappa shape index (κ1) is 52.9. The summed E-state index contributed by atoms with van der Waals surface area (Å²) >= 11 is 1.66. The predicted molar refractivity (Wildman–Crippen MR) is 249 cm³/mol. The standard InChI is InChI=1S/C37H46N14O9S3.O3S/c1-7-49(8-2)27-15-23(25(17-29(27)59-5)45-47-36-38-19-22(20-54)61-36)39-33-42-34(44-35(43-33)51(11-13-52)12-14-53)40-24-16-28(50(9-3)10-4)30(60-6)18-26(24)46-48-37-41-32(63(56,57)58)31(21-55)62-37;1-4(2)3/h15-21,52-53H,7-14H2,1-6H3,(H,56,57,58)(H2,39,40,42,43,44);. The topological polar surface area (TPSA) is 346 Å². The number of anilines is 7. The van der Waals surface area contributed by atoms with Crippen molar-refractivity contribution in [1.29, 1.82) is 0 Å². The Morgan fingerprint density at radius 3 is 1.55 bits per heavy atom. The van der Waals surface area contributed by atoms with E-state index in [0.29, 0.717) is 77.2 Å². The van der Waals surface area contributed by atoms with Gasteiger partial charge in [-0.05, 0) is 39.8 Å². The second kappa shape index (κ2) is 25.3. The number of nitrogens with one attached hydrogen (secondary N) is 2.